The van der Waals surface area contributed by atoms with E-state index >= 15 is 0 Å². The molecule has 1 saturated heterocycles. The fourth-order valence-corrected chi connectivity index (χ4v) is 3.03. The SMILES string of the molecule is Cc1ccc(Nc2nc(NCC3CCCO3)nc3nccnc23)cc1Cl. The summed E-state index contributed by atoms with van der Waals surface area (Å²) in [5.74, 6) is 1.08. The maximum atomic E-state index is 6.23. The molecule has 2 aromatic heterocycles. The minimum Gasteiger partial charge on any atom is -0.376 e. The van der Waals surface area contributed by atoms with E-state index in [-0.39, 0.29) is 6.10 Å². The van der Waals surface area contributed by atoms with E-state index in [1.54, 1.807) is 12.4 Å². The van der Waals surface area contributed by atoms with Crippen molar-refractivity contribution in [1.29, 1.82) is 0 Å². The van der Waals surface area contributed by atoms with Crippen molar-refractivity contribution in [2.45, 2.75) is 25.9 Å². The highest BCUT2D eigenvalue weighted by atomic mass is 35.5. The van der Waals surface area contributed by atoms with Gasteiger partial charge < -0.3 is 15.4 Å². The quantitative estimate of drug-likeness (QED) is 0.708. The normalized spacial score (nSPS) is 16.8. The van der Waals surface area contributed by atoms with Crippen molar-refractivity contribution >= 4 is 40.2 Å². The Morgan fingerprint density at radius 3 is 2.92 bits per heavy atom. The molecule has 1 aliphatic rings. The van der Waals surface area contributed by atoms with E-state index in [1.807, 2.05) is 25.1 Å². The molecule has 3 aromatic rings. The van der Waals surface area contributed by atoms with Crippen molar-refractivity contribution in [2.24, 2.45) is 0 Å². The van der Waals surface area contributed by atoms with Gasteiger partial charge >= 0.3 is 0 Å². The fourth-order valence-electron chi connectivity index (χ4n) is 2.85. The van der Waals surface area contributed by atoms with E-state index in [0.717, 1.165) is 30.7 Å². The summed E-state index contributed by atoms with van der Waals surface area (Å²) >= 11 is 6.23. The number of nitrogens with one attached hydrogen (secondary N) is 2. The molecule has 1 aromatic carbocycles. The highest BCUT2D eigenvalue weighted by molar-refractivity contribution is 6.31. The second-order valence-corrected chi connectivity index (χ2v) is 6.64. The number of aromatic nitrogens is 4. The minimum atomic E-state index is 0.198. The van der Waals surface area contributed by atoms with Gasteiger partial charge in [-0.15, -0.1) is 0 Å². The van der Waals surface area contributed by atoms with Crippen LogP contribution in [0.5, 0.6) is 0 Å². The van der Waals surface area contributed by atoms with Crippen LogP contribution >= 0.6 is 11.6 Å². The van der Waals surface area contributed by atoms with Gasteiger partial charge in [-0.2, -0.15) is 9.97 Å². The number of hydrogen-bond donors (Lipinski definition) is 2. The van der Waals surface area contributed by atoms with Crippen LogP contribution in [0.2, 0.25) is 5.02 Å². The second-order valence-electron chi connectivity index (χ2n) is 6.23. The van der Waals surface area contributed by atoms with Crippen molar-refractivity contribution in [3.63, 3.8) is 0 Å². The molecule has 4 rings (SSSR count). The molecular weight excluding hydrogens is 352 g/mol. The van der Waals surface area contributed by atoms with Crippen LogP contribution in [0.15, 0.2) is 30.6 Å². The molecule has 1 atom stereocenters. The number of halogens is 1. The van der Waals surface area contributed by atoms with E-state index in [0.29, 0.717) is 34.5 Å². The van der Waals surface area contributed by atoms with Gasteiger partial charge in [-0.05, 0) is 37.5 Å². The van der Waals surface area contributed by atoms with Gasteiger partial charge in [-0.25, -0.2) is 9.97 Å². The fraction of sp³-hybridized carbons (Fsp3) is 0.333. The largest absolute Gasteiger partial charge is 0.376 e. The van der Waals surface area contributed by atoms with Crippen molar-refractivity contribution in [1.82, 2.24) is 19.9 Å². The first kappa shape index (κ1) is 16.9. The Kier molecular flexibility index (Phi) is 4.81. The average molecular weight is 371 g/mol. The molecule has 0 spiro atoms. The number of hydrogen-bond acceptors (Lipinski definition) is 7. The third-order valence-corrected chi connectivity index (χ3v) is 4.69. The summed E-state index contributed by atoms with van der Waals surface area (Å²) in [6.07, 6.45) is 5.58. The molecule has 0 saturated carbocycles. The number of nitrogens with zero attached hydrogens (tertiary/aromatic N) is 4. The summed E-state index contributed by atoms with van der Waals surface area (Å²) in [4.78, 5) is 17.7. The second kappa shape index (κ2) is 7.39. The number of aryl methyl sites for hydroxylation is 1. The highest BCUT2D eigenvalue weighted by Gasteiger charge is 2.16. The predicted octanol–water partition coefficient (Wildman–Crippen LogP) is 3.72. The van der Waals surface area contributed by atoms with Crippen LogP contribution in [0.25, 0.3) is 11.2 Å². The van der Waals surface area contributed by atoms with Crippen LogP contribution in [0.1, 0.15) is 18.4 Å². The van der Waals surface area contributed by atoms with E-state index in [4.69, 9.17) is 16.3 Å². The topological polar surface area (TPSA) is 84.9 Å². The molecule has 26 heavy (non-hydrogen) atoms. The lowest BCUT2D eigenvalue weighted by atomic mass is 10.2. The monoisotopic (exact) mass is 370 g/mol. The highest BCUT2D eigenvalue weighted by Crippen LogP contribution is 2.26. The number of ether oxygens (including phenoxy) is 1. The van der Waals surface area contributed by atoms with Gasteiger partial charge in [0.2, 0.25) is 5.95 Å². The zero-order valence-corrected chi connectivity index (χ0v) is 15.1. The Labute approximate surface area is 156 Å². The first-order chi connectivity index (χ1) is 12.7. The summed E-state index contributed by atoms with van der Waals surface area (Å²) in [5.41, 5.74) is 2.98. The van der Waals surface area contributed by atoms with Crippen molar-refractivity contribution < 1.29 is 4.74 Å². The van der Waals surface area contributed by atoms with E-state index in [1.165, 1.54) is 0 Å². The Balaban J connectivity index is 1.63. The van der Waals surface area contributed by atoms with Gasteiger partial charge in [-0.3, -0.25) is 0 Å². The first-order valence-corrected chi connectivity index (χ1v) is 8.94. The Morgan fingerprint density at radius 2 is 2.12 bits per heavy atom. The lowest BCUT2D eigenvalue weighted by Gasteiger charge is -2.13. The molecule has 0 amide bonds. The van der Waals surface area contributed by atoms with Gasteiger partial charge in [0.05, 0.1) is 6.10 Å². The summed E-state index contributed by atoms with van der Waals surface area (Å²) in [6.45, 7) is 3.45. The molecule has 3 heterocycles. The van der Waals surface area contributed by atoms with Gasteiger partial charge in [0, 0.05) is 36.3 Å². The number of anilines is 3. The van der Waals surface area contributed by atoms with Crippen molar-refractivity contribution in [2.75, 3.05) is 23.8 Å². The van der Waals surface area contributed by atoms with E-state index < -0.39 is 0 Å². The molecule has 0 aliphatic carbocycles. The molecule has 1 aliphatic heterocycles. The smallest absolute Gasteiger partial charge is 0.226 e. The Hall–Kier alpha value is -2.51. The lowest BCUT2D eigenvalue weighted by molar-refractivity contribution is 0.120. The van der Waals surface area contributed by atoms with Crippen LogP contribution in [0.4, 0.5) is 17.5 Å². The number of rotatable bonds is 5. The van der Waals surface area contributed by atoms with Gasteiger partial charge in [-0.1, -0.05) is 17.7 Å². The molecule has 134 valence electrons. The molecule has 7 nitrogen and oxygen atoms in total. The molecule has 0 bridgehead atoms. The summed E-state index contributed by atoms with van der Waals surface area (Å²) in [5, 5.41) is 7.21. The predicted molar refractivity (Wildman–Crippen MR) is 102 cm³/mol. The minimum absolute atomic E-state index is 0.198. The van der Waals surface area contributed by atoms with Crippen LogP contribution in [-0.4, -0.2) is 39.2 Å². The van der Waals surface area contributed by atoms with Crippen LogP contribution < -0.4 is 10.6 Å². The maximum absolute atomic E-state index is 6.23. The van der Waals surface area contributed by atoms with Crippen LogP contribution in [0.3, 0.4) is 0 Å². The maximum Gasteiger partial charge on any atom is 0.226 e. The van der Waals surface area contributed by atoms with Gasteiger partial charge in [0.15, 0.2) is 17.0 Å². The average Bonchev–Trinajstić information content (AvgIpc) is 3.17. The van der Waals surface area contributed by atoms with Crippen LogP contribution in [0, 0.1) is 6.92 Å². The summed E-state index contributed by atoms with van der Waals surface area (Å²) < 4.78 is 5.64. The van der Waals surface area contributed by atoms with E-state index in [9.17, 15) is 0 Å². The van der Waals surface area contributed by atoms with Crippen molar-refractivity contribution in [3.8, 4) is 0 Å². The van der Waals surface area contributed by atoms with Gasteiger partial charge in [0.25, 0.3) is 0 Å². The van der Waals surface area contributed by atoms with Crippen molar-refractivity contribution in [3.05, 3.63) is 41.2 Å². The Bertz CT molecular complexity index is 929. The molecule has 8 heteroatoms. The Morgan fingerprint density at radius 1 is 1.23 bits per heavy atom. The molecular formula is C18H19ClN6O. The third-order valence-electron chi connectivity index (χ3n) is 4.28. The zero-order chi connectivity index (χ0) is 17.9. The van der Waals surface area contributed by atoms with Crippen LogP contribution in [-0.2, 0) is 4.74 Å². The summed E-state index contributed by atoms with van der Waals surface area (Å²) in [6, 6.07) is 5.77. The summed E-state index contributed by atoms with van der Waals surface area (Å²) in [7, 11) is 0. The molecule has 1 unspecified atom stereocenters. The molecule has 0 radical (unpaired) electrons. The zero-order valence-electron chi connectivity index (χ0n) is 14.4. The third kappa shape index (κ3) is 3.68. The number of fused-ring (bicyclic) bond motifs is 1. The lowest BCUT2D eigenvalue weighted by Crippen LogP contribution is -2.20. The van der Waals surface area contributed by atoms with E-state index in [2.05, 4.69) is 30.6 Å². The van der Waals surface area contributed by atoms with Gasteiger partial charge in [0.1, 0.15) is 0 Å². The number of benzene rings is 1. The molecule has 2 N–H and O–H groups in total. The molecule has 1 fully saturated rings. The standard InChI is InChI=1S/C18H19ClN6O/c1-11-4-5-12(9-14(11)19)23-17-15-16(21-7-6-20-15)24-18(25-17)22-10-13-3-2-8-26-13/h4-7,9,13H,2-3,8,10H2,1H3,(H2,21,22,23,24,25). The first-order valence-electron chi connectivity index (χ1n) is 8.56.